The summed E-state index contributed by atoms with van der Waals surface area (Å²) < 4.78 is 15.0. The Morgan fingerprint density at radius 1 is 1.15 bits per heavy atom. The van der Waals surface area contributed by atoms with Crippen molar-refractivity contribution in [3.63, 3.8) is 0 Å². The summed E-state index contributed by atoms with van der Waals surface area (Å²) in [6, 6.07) is 8.55. The number of nitrogens with one attached hydrogen (secondary N) is 1. The summed E-state index contributed by atoms with van der Waals surface area (Å²) in [6.45, 7) is 4.30. The summed E-state index contributed by atoms with van der Waals surface area (Å²) >= 11 is 0. The first-order chi connectivity index (χ1) is 9.63. The fourth-order valence-electron chi connectivity index (χ4n) is 2.20. The molecule has 2 aromatic heterocycles. The number of halogens is 1. The van der Waals surface area contributed by atoms with Gasteiger partial charge in [-0.05, 0) is 38.1 Å². The average molecular weight is 270 g/mol. The van der Waals surface area contributed by atoms with Gasteiger partial charge in [-0.2, -0.15) is 0 Å². The molecule has 0 spiro atoms. The van der Waals surface area contributed by atoms with Crippen LogP contribution in [0.2, 0.25) is 0 Å². The minimum absolute atomic E-state index is 0.383. The summed E-state index contributed by atoms with van der Waals surface area (Å²) in [5, 5.41) is 4.21. The molecule has 20 heavy (non-hydrogen) atoms. The smallest absolute Gasteiger partial charge is 0.227 e. The lowest BCUT2D eigenvalue weighted by molar-refractivity contribution is 0.614. The van der Waals surface area contributed by atoms with Crippen molar-refractivity contribution >= 4 is 22.5 Å². The van der Waals surface area contributed by atoms with E-state index in [0.29, 0.717) is 12.0 Å². The summed E-state index contributed by atoms with van der Waals surface area (Å²) in [6.07, 6.45) is 4.36. The van der Waals surface area contributed by atoms with Crippen molar-refractivity contribution in [3.05, 3.63) is 48.7 Å². The van der Waals surface area contributed by atoms with Gasteiger partial charge in [0.2, 0.25) is 5.95 Å². The molecule has 0 amide bonds. The second-order valence-corrected chi connectivity index (χ2v) is 4.94. The summed E-state index contributed by atoms with van der Waals surface area (Å²) in [7, 11) is 0. The van der Waals surface area contributed by atoms with Crippen LogP contribution >= 0.6 is 0 Å². The van der Waals surface area contributed by atoms with Crippen LogP contribution in [-0.2, 0) is 0 Å². The zero-order valence-corrected chi connectivity index (χ0v) is 11.3. The maximum atomic E-state index is 12.8. The van der Waals surface area contributed by atoms with Crippen molar-refractivity contribution in [2.24, 2.45) is 0 Å². The van der Waals surface area contributed by atoms with Gasteiger partial charge in [0.05, 0.1) is 12.4 Å². The lowest BCUT2D eigenvalue weighted by atomic mass is 10.2. The topological polar surface area (TPSA) is 42.7 Å². The number of fused-ring (bicyclic) bond motifs is 1. The largest absolute Gasteiger partial charge is 0.345 e. The standard InChI is InChI=1S/C15H15FN4/c1-10(2)20-6-5-11-7-13(3-4-14(11)20)19-15-17-8-12(16)9-18-15/h3-10H,1-2H3,(H,17,18,19). The molecular weight excluding hydrogens is 255 g/mol. The van der Waals surface area contributed by atoms with Crippen LogP contribution in [0.5, 0.6) is 0 Å². The van der Waals surface area contributed by atoms with E-state index in [-0.39, 0.29) is 0 Å². The normalized spacial score (nSPS) is 11.2. The van der Waals surface area contributed by atoms with Gasteiger partial charge in [-0.3, -0.25) is 0 Å². The van der Waals surface area contributed by atoms with E-state index in [2.05, 4.69) is 52.0 Å². The molecule has 3 rings (SSSR count). The van der Waals surface area contributed by atoms with Crippen LogP contribution in [0.15, 0.2) is 42.9 Å². The van der Waals surface area contributed by atoms with Crippen molar-refractivity contribution in [1.82, 2.24) is 14.5 Å². The summed E-state index contributed by atoms with van der Waals surface area (Å²) in [5.74, 6) is -0.0611. The average Bonchev–Trinajstić information content (AvgIpc) is 2.84. The molecule has 0 fully saturated rings. The molecule has 1 aromatic carbocycles. The summed E-state index contributed by atoms with van der Waals surface area (Å²) in [4.78, 5) is 7.77. The predicted octanol–water partition coefficient (Wildman–Crippen LogP) is 3.89. The number of rotatable bonds is 3. The van der Waals surface area contributed by atoms with E-state index in [0.717, 1.165) is 23.5 Å². The van der Waals surface area contributed by atoms with Gasteiger partial charge in [0.15, 0.2) is 5.82 Å². The number of hydrogen-bond donors (Lipinski definition) is 1. The number of aromatic nitrogens is 3. The van der Waals surface area contributed by atoms with Crippen LogP contribution in [0.3, 0.4) is 0 Å². The van der Waals surface area contributed by atoms with Crippen molar-refractivity contribution < 1.29 is 4.39 Å². The van der Waals surface area contributed by atoms with Crippen molar-refractivity contribution in [2.45, 2.75) is 19.9 Å². The SMILES string of the molecule is CC(C)n1ccc2cc(Nc3ncc(F)cn3)ccc21. The third kappa shape index (κ3) is 2.34. The lowest BCUT2D eigenvalue weighted by Crippen LogP contribution is -1.99. The maximum absolute atomic E-state index is 12.8. The molecule has 2 heterocycles. The van der Waals surface area contributed by atoms with E-state index in [9.17, 15) is 4.39 Å². The highest BCUT2D eigenvalue weighted by atomic mass is 19.1. The Bertz CT molecular complexity index is 731. The van der Waals surface area contributed by atoms with E-state index >= 15 is 0 Å². The maximum Gasteiger partial charge on any atom is 0.227 e. The summed E-state index contributed by atoms with van der Waals surface area (Å²) in [5.41, 5.74) is 2.07. The third-order valence-corrected chi connectivity index (χ3v) is 3.15. The van der Waals surface area contributed by atoms with Gasteiger partial charge in [-0.1, -0.05) is 0 Å². The fraction of sp³-hybridized carbons (Fsp3) is 0.200. The Labute approximate surface area is 116 Å². The van der Waals surface area contributed by atoms with Crippen LogP contribution in [0.4, 0.5) is 16.0 Å². The minimum atomic E-state index is -0.444. The molecule has 0 saturated carbocycles. The van der Waals surface area contributed by atoms with E-state index in [1.54, 1.807) is 0 Å². The molecule has 3 aromatic rings. The molecule has 0 unspecified atom stereocenters. The van der Waals surface area contributed by atoms with E-state index < -0.39 is 5.82 Å². The molecule has 0 radical (unpaired) electrons. The zero-order valence-electron chi connectivity index (χ0n) is 11.3. The van der Waals surface area contributed by atoms with Gasteiger partial charge in [0.25, 0.3) is 0 Å². The molecular formula is C15H15FN4. The Kier molecular flexibility index (Phi) is 3.10. The highest BCUT2D eigenvalue weighted by Crippen LogP contribution is 2.24. The van der Waals surface area contributed by atoms with Crippen molar-refractivity contribution in [2.75, 3.05) is 5.32 Å². The molecule has 0 saturated heterocycles. The van der Waals surface area contributed by atoms with Gasteiger partial charge in [-0.15, -0.1) is 0 Å². The van der Waals surface area contributed by atoms with E-state index in [1.807, 2.05) is 12.1 Å². The van der Waals surface area contributed by atoms with Gasteiger partial charge < -0.3 is 9.88 Å². The number of nitrogens with zero attached hydrogens (tertiary/aromatic N) is 3. The fourth-order valence-corrected chi connectivity index (χ4v) is 2.20. The Morgan fingerprint density at radius 3 is 2.60 bits per heavy atom. The van der Waals surface area contributed by atoms with Gasteiger partial charge in [0, 0.05) is 28.8 Å². The molecule has 1 N–H and O–H groups in total. The zero-order chi connectivity index (χ0) is 14.1. The quantitative estimate of drug-likeness (QED) is 0.785. The molecule has 0 aliphatic carbocycles. The van der Waals surface area contributed by atoms with Gasteiger partial charge in [-0.25, -0.2) is 14.4 Å². The van der Waals surface area contributed by atoms with Crippen LogP contribution in [0.1, 0.15) is 19.9 Å². The Hall–Kier alpha value is -2.43. The minimum Gasteiger partial charge on any atom is -0.345 e. The molecule has 0 aliphatic heterocycles. The highest BCUT2D eigenvalue weighted by Gasteiger charge is 2.05. The lowest BCUT2D eigenvalue weighted by Gasteiger charge is -2.10. The molecule has 0 bridgehead atoms. The second kappa shape index (κ2) is 4.92. The first-order valence-corrected chi connectivity index (χ1v) is 6.48. The molecule has 4 nitrogen and oxygen atoms in total. The van der Waals surface area contributed by atoms with Crippen molar-refractivity contribution in [3.8, 4) is 0 Å². The van der Waals surface area contributed by atoms with E-state index in [4.69, 9.17) is 0 Å². The van der Waals surface area contributed by atoms with Crippen LogP contribution in [0, 0.1) is 5.82 Å². The monoisotopic (exact) mass is 270 g/mol. The van der Waals surface area contributed by atoms with Crippen molar-refractivity contribution in [1.29, 1.82) is 0 Å². The number of anilines is 2. The van der Waals surface area contributed by atoms with Crippen LogP contribution in [0.25, 0.3) is 10.9 Å². The van der Waals surface area contributed by atoms with Gasteiger partial charge in [0.1, 0.15) is 0 Å². The predicted molar refractivity (Wildman–Crippen MR) is 77.6 cm³/mol. The first-order valence-electron chi connectivity index (χ1n) is 6.48. The molecule has 0 atom stereocenters. The highest BCUT2D eigenvalue weighted by molar-refractivity contribution is 5.84. The molecule has 0 aliphatic rings. The van der Waals surface area contributed by atoms with Crippen LogP contribution in [-0.4, -0.2) is 14.5 Å². The second-order valence-electron chi connectivity index (χ2n) is 4.94. The Morgan fingerprint density at radius 2 is 1.90 bits per heavy atom. The van der Waals surface area contributed by atoms with Crippen LogP contribution < -0.4 is 5.32 Å². The molecule has 5 heteroatoms. The Balaban J connectivity index is 1.91. The van der Waals surface area contributed by atoms with Gasteiger partial charge >= 0.3 is 0 Å². The number of benzene rings is 1. The number of hydrogen-bond acceptors (Lipinski definition) is 3. The first kappa shape index (κ1) is 12.6. The molecule has 102 valence electrons. The third-order valence-electron chi connectivity index (χ3n) is 3.15. The van der Waals surface area contributed by atoms with E-state index in [1.165, 1.54) is 5.52 Å².